The normalized spacial score (nSPS) is 13.5. The highest BCUT2D eigenvalue weighted by atomic mass is 35.5. The van der Waals surface area contributed by atoms with E-state index in [1.807, 2.05) is 24.3 Å². The van der Waals surface area contributed by atoms with Crippen molar-refractivity contribution in [1.29, 1.82) is 0 Å². The van der Waals surface area contributed by atoms with Crippen LogP contribution in [-0.4, -0.2) is 29.0 Å². The highest BCUT2D eigenvalue weighted by Crippen LogP contribution is 2.21. The van der Waals surface area contributed by atoms with Gasteiger partial charge < -0.3 is 10.6 Å². The first-order chi connectivity index (χ1) is 10.6. The first-order valence-corrected chi connectivity index (χ1v) is 7.66. The van der Waals surface area contributed by atoms with Crippen LogP contribution in [0.5, 0.6) is 0 Å². The average molecular weight is 317 g/mol. The zero-order valence-corrected chi connectivity index (χ0v) is 13.1. The van der Waals surface area contributed by atoms with Gasteiger partial charge >= 0.3 is 0 Å². The number of anilines is 1. The van der Waals surface area contributed by atoms with Crippen molar-refractivity contribution in [2.45, 2.75) is 19.8 Å². The Bertz CT molecular complexity index is 717. The summed E-state index contributed by atoms with van der Waals surface area (Å²) in [6.07, 6.45) is 1.54. The maximum absolute atomic E-state index is 11.9. The molecule has 0 atom stereocenters. The molecule has 0 radical (unpaired) electrons. The number of nitrogens with one attached hydrogen (secondary N) is 2. The summed E-state index contributed by atoms with van der Waals surface area (Å²) in [6.45, 7) is 3.12. The Kier molecular flexibility index (Phi) is 4.24. The van der Waals surface area contributed by atoms with Gasteiger partial charge in [0.05, 0.1) is 0 Å². The van der Waals surface area contributed by atoms with Gasteiger partial charge in [0, 0.05) is 23.7 Å². The maximum atomic E-state index is 11.9. The largest absolute Gasteiger partial charge is 0.369 e. The van der Waals surface area contributed by atoms with E-state index in [0.717, 1.165) is 34.8 Å². The molecule has 1 aromatic heterocycles. The topological polar surface area (TPSA) is 66.9 Å². The molecule has 1 aliphatic heterocycles. The van der Waals surface area contributed by atoms with E-state index in [9.17, 15) is 4.79 Å². The van der Waals surface area contributed by atoms with E-state index in [2.05, 4.69) is 20.6 Å². The summed E-state index contributed by atoms with van der Waals surface area (Å²) >= 11 is 6.16. The van der Waals surface area contributed by atoms with Gasteiger partial charge in [0.1, 0.15) is 17.3 Å². The average Bonchev–Trinajstić information content (AvgIpc) is 2.50. The van der Waals surface area contributed by atoms with Gasteiger partial charge in [0.15, 0.2) is 0 Å². The first-order valence-electron chi connectivity index (χ1n) is 7.28. The van der Waals surface area contributed by atoms with Crippen LogP contribution < -0.4 is 10.6 Å². The van der Waals surface area contributed by atoms with Crippen LogP contribution in [0.15, 0.2) is 24.3 Å². The number of carbonyl (C=O) groups excluding carboxylic acids is 1. The lowest BCUT2D eigenvalue weighted by Gasteiger charge is -2.19. The molecule has 0 fully saturated rings. The van der Waals surface area contributed by atoms with Gasteiger partial charge in [-0.25, -0.2) is 9.97 Å². The van der Waals surface area contributed by atoms with E-state index in [1.54, 1.807) is 6.92 Å². The highest BCUT2D eigenvalue weighted by molar-refractivity contribution is 6.31. The number of amides is 1. The van der Waals surface area contributed by atoms with Crippen LogP contribution >= 0.6 is 11.6 Å². The minimum absolute atomic E-state index is 0.124. The van der Waals surface area contributed by atoms with E-state index < -0.39 is 0 Å². The zero-order valence-electron chi connectivity index (χ0n) is 12.3. The summed E-state index contributed by atoms with van der Waals surface area (Å²) in [6, 6.07) is 7.79. The number of nitrogens with zero attached hydrogens (tertiary/aromatic N) is 2. The van der Waals surface area contributed by atoms with Crippen molar-refractivity contribution >= 4 is 23.3 Å². The summed E-state index contributed by atoms with van der Waals surface area (Å²) in [5.41, 5.74) is 2.47. The Labute approximate surface area is 134 Å². The summed E-state index contributed by atoms with van der Waals surface area (Å²) in [4.78, 5) is 20.6. The fourth-order valence-corrected chi connectivity index (χ4v) is 2.80. The van der Waals surface area contributed by atoms with Gasteiger partial charge in [-0.3, -0.25) is 4.79 Å². The van der Waals surface area contributed by atoms with Crippen LogP contribution in [0, 0.1) is 6.92 Å². The van der Waals surface area contributed by atoms with Crippen molar-refractivity contribution in [2.24, 2.45) is 0 Å². The van der Waals surface area contributed by atoms with Crippen molar-refractivity contribution in [1.82, 2.24) is 15.3 Å². The monoisotopic (exact) mass is 316 g/mol. The molecule has 0 saturated heterocycles. The van der Waals surface area contributed by atoms with Crippen molar-refractivity contribution in [3.05, 3.63) is 51.9 Å². The van der Waals surface area contributed by atoms with E-state index in [1.165, 1.54) is 0 Å². The SMILES string of the molecule is Cc1nc(NCCc2ccccc2Cl)c2c(n1)C(=O)NCC2. The van der Waals surface area contributed by atoms with E-state index >= 15 is 0 Å². The number of aromatic nitrogens is 2. The fraction of sp³-hybridized carbons (Fsp3) is 0.312. The van der Waals surface area contributed by atoms with Gasteiger partial charge in [-0.1, -0.05) is 29.8 Å². The number of halogens is 1. The molecular formula is C16H17ClN4O. The molecule has 0 aliphatic carbocycles. The Morgan fingerprint density at radius 2 is 2.14 bits per heavy atom. The molecule has 2 aromatic rings. The van der Waals surface area contributed by atoms with Crippen molar-refractivity contribution in [3.8, 4) is 0 Å². The summed E-state index contributed by atoms with van der Waals surface area (Å²) in [7, 11) is 0. The second-order valence-electron chi connectivity index (χ2n) is 5.22. The number of hydrogen-bond donors (Lipinski definition) is 2. The Hall–Kier alpha value is -2.14. The molecule has 5 nitrogen and oxygen atoms in total. The molecule has 6 heteroatoms. The molecule has 0 saturated carbocycles. The van der Waals surface area contributed by atoms with Gasteiger partial charge in [-0.15, -0.1) is 0 Å². The molecular weight excluding hydrogens is 300 g/mol. The molecule has 2 heterocycles. The molecule has 1 amide bonds. The van der Waals surface area contributed by atoms with Crippen LogP contribution in [-0.2, 0) is 12.8 Å². The summed E-state index contributed by atoms with van der Waals surface area (Å²) in [5, 5.41) is 6.90. The second kappa shape index (κ2) is 6.32. The lowest BCUT2D eigenvalue weighted by molar-refractivity contribution is 0.0940. The molecule has 2 N–H and O–H groups in total. The second-order valence-corrected chi connectivity index (χ2v) is 5.63. The molecule has 3 rings (SSSR count). The van der Waals surface area contributed by atoms with Gasteiger partial charge in [0.25, 0.3) is 5.91 Å². The molecule has 1 aromatic carbocycles. The van der Waals surface area contributed by atoms with E-state index in [0.29, 0.717) is 24.6 Å². The Morgan fingerprint density at radius 1 is 1.32 bits per heavy atom. The Morgan fingerprint density at radius 3 is 2.95 bits per heavy atom. The minimum Gasteiger partial charge on any atom is -0.369 e. The van der Waals surface area contributed by atoms with Crippen LogP contribution in [0.3, 0.4) is 0 Å². The fourth-order valence-electron chi connectivity index (χ4n) is 2.57. The van der Waals surface area contributed by atoms with Gasteiger partial charge in [-0.05, 0) is 31.4 Å². The smallest absolute Gasteiger partial charge is 0.270 e. The summed E-state index contributed by atoms with van der Waals surface area (Å²) < 4.78 is 0. The lowest BCUT2D eigenvalue weighted by Crippen LogP contribution is -2.34. The van der Waals surface area contributed by atoms with Crippen LogP contribution in [0.25, 0.3) is 0 Å². The Balaban J connectivity index is 1.76. The minimum atomic E-state index is -0.124. The van der Waals surface area contributed by atoms with E-state index in [-0.39, 0.29) is 5.91 Å². The third-order valence-electron chi connectivity index (χ3n) is 3.64. The molecule has 22 heavy (non-hydrogen) atoms. The standard InChI is InChI=1S/C16H17ClN4O/c1-10-20-14-12(7-9-19-16(14)22)15(21-10)18-8-6-11-4-2-3-5-13(11)17/h2-5H,6-9H2,1H3,(H,19,22)(H,18,20,21). The van der Waals surface area contributed by atoms with Gasteiger partial charge in [-0.2, -0.15) is 0 Å². The lowest BCUT2D eigenvalue weighted by atomic mass is 10.1. The van der Waals surface area contributed by atoms with E-state index in [4.69, 9.17) is 11.6 Å². The number of fused-ring (bicyclic) bond motifs is 1. The van der Waals surface area contributed by atoms with Crippen LogP contribution in [0.4, 0.5) is 5.82 Å². The van der Waals surface area contributed by atoms with Crippen molar-refractivity contribution in [2.75, 3.05) is 18.4 Å². The number of carbonyl (C=O) groups is 1. The molecule has 0 spiro atoms. The van der Waals surface area contributed by atoms with Crippen LogP contribution in [0.2, 0.25) is 5.02 Å². The first kappa shape index (κ1) is 14.8. The third kappa shape index (κ3) is 3.04. The number of hydrogen-bond acceptors (Lipinski definition) is 4. The molecule has 0 unspecified atom stereocenters. The molecule has 1 aliphatic rings. The number of benzene rings is 1. The number of aryl methyl sites for hydroxylation is 1. The maximum Gasteiger partial charge on any atom is 0.270 e. The molecule has 114 valence electrons. The zero-order chi connectivity index (χ0) is 15.5. The highest BCUT2D eigenvalue weighted by Gasteiger charge is 2.22. The van der Waals surface area contributed by atoms with Gasteiger partial charge in [0.2, 0.25) is 0 Å². The third-order valence-corrected chi connectivity index (χ3v) is 4.01. The van der Waals surface area contributed by atoms with Crippen LogP contribution in [0.1, 0.15) is 27.4 Å². The summed E-state index contributed by atoms with van der Waals surface area (Å²) in [5.74, 6) is 1.22. The number of rotatable bonds is 4. The quantitative estimate of drug-likeness (QED) is 0.909. The van der Waals surface area contributed by atoms with Crippen molar-refractivity contribution in [3.63, 3.8) is 0 Å². The predicted molar refractivity (Wildman–Crippen MR) is 86.5 cm³/mol. The van der Waals surface area contributed by atoms with Crippen molar-refractivity contribution < 1.29 is 4.79 Å². The molecule has 0 bridgehead atoms. The predicted octanol–water partition coefficient (Wildman–Crippen LogP) is 2.38.